The molecule has 0 aliphatic heterocycles. The van der Waals surface area contributed by atoms with Crippen LogP contribution in [-0.2, 0) is 0 Å². The van der Waals surface area contributed by atoms with Gasteiger partial charge in [-0.2, -0.15) is 0 Å². The Balaban J connectivity index is 2.88. The Hall–Kier alpha value is -2.18. The molecule has 0 saturated carbocycles. The van der Waals surface area contributed by atoms with Gasteiger partial charge in [-0.3, -0.25) is 15.2 Å². The second kappa shape index (κ2) is 2.66. The Morgan fingerprint density at radius 3 is 3.00 bits per heavy atom. The molecule has 2 aromatic rings. The predicted molar refractivity (Wildman–Crippen MR) is 46.9 cm³/mol. The second-order valence-electron chi connectivity index (χ2n) is 2.83. The molecule has 72 valence electrons. The van der Waals surface area contributed by atoms with Gasteiger partial charge in [-0.15, -0.1) is 5.10 Å². The molecule has 2 rings (SSSR count). The molecule has 0 atom stereocenters. The summed E-state index contributed by atoms with van der Waals surface area (Å²) in [4.78, 5) is 10.0. The van der Waals surface area contributed by atoms with Crippen molar-refractivity contribution in [2.75, 3.05) is 0 Å². The first kappa shape index (κ1) is 8.42. The van der Waals surface area contributed by atoms with Crippen molar-refractivity contribution in [3.63, 3.8) is 0 Å². The van der Waals surface area contributed by atoms with E-state index in [4.69, 9.17) is 0 Å². The third-order valence-corrected chi connectivity index (χ3v) is 2.02. The lowest BCUT2D eigenvalue weighted by Crippen LogP contribution is -1.92. The molecule has 0 aliphatic carbocycles. The highest BCUT2D eigenvalue weighted by Crippen LogP contribution is 2.31. The van der Waals surface area contributed by atoms with Crippen LogP contribution in [0.3, 0.4) is 0 Å². The van der Waals surface area contributed by atoms with Crippen LogP contribution in [0.2, 0.25) is 0 Å². The summed E-state index contributed by atoms with van der Waals surface area (Å²) >= 11 is 0. The van der Waals surface area contributed by atoms with Gasteiger partial charge in [0.1, 0.15) is 0 Å². The van der Waals surface area contributed by atoms with Crippen LogP contribution in [0.1, 0.15) is 5.56 Å². The summed E-state index contributed by atoms with van der Waals surface area (Å²) in [6.45, 7) is 1.57. The zero-order valence-corrected chi connectivity index (χ0v) is 7.18. The number of aryl methyl sites for hydroxylation is 1. The summed E-state index contributed by atoms with van der Waals surface area (Å²) in [7, 11) is 0. The number of nitrogens with zero attached hydrogens (tertiary/aromatic N) is 3. The molecule has 7 heteroatoms. The van der Waals surface area contributed by atoms with Crippen LogP contribution in [0.5, 0.6) is 5.75 Å². The first-order valence-corrected chi connectivity index (χ1v) is 3.79. The van der Waals surface area contributed by atoms with E-state index in [2.05, 4.69) is 15.4 Å². The van der Waals surface area contributed by atoms with Gasteiger partial charge in [0, 0.05) is 0 Å². The second-order valence-corrected chi connectivity index (χ2v) is 2.83. The zero-order chi connectivity index (χ0) is 10.3. The van der Waals surface area contributed by atoms with E-state index in [1.54, 1.807) is 6.92 Å². The number of nitro groups is 1. The Bertz CT molecular complexity index is 519. The number of fused-ring (bicyclic) bond motifs is 1. The molecule has 0 bridgehead atoms. The van der Waals surface area contributed by atoms with E-state index >= 15 is 0 Å². The number of aromatic nitrogens is 3. The van der Waals surface area contributed by atoms with Gasteiger partial charge in [0.25, 0.3) is 5.69 Å². The van der Waals surface area contributed by atoms with Crippen molar-refractivity contribution < 1.29 is 10.0 Å². The summed E-state index contributed by atoms with van der Waals surface area (Å²) in [5.41, 5.74) is 0.888. The van der Waals surface area contributed by atoms with E-state index in [1.165, 1.54) is 0 Å². The minimum Gasteiger partial charge on any atom is -0.505 e. The largest absolute Gasteiger partial charge is 0.505 e. The van der Waals surface area contributed by atoms with Crippen LogP contribution < -0.4 is 0 Å². The van der Waals surface area contributed by atoms with Crippen LogP contribution >= 0.6 is 0 Å². The number of phenols is 1. The molecule has 14 heavy (non-hydrogen) atoms. The minimum absolute atomic E-state index is 0.152. The number of H-pyrrole nitrogens is 1. The summed E-state index contributed by atoms with van der Waals surface area (Å²) < 4.78 is 0. The fraction of sp³-hybridized carbons (Fsp3) is 0.143. The SMILES string of the molecule is Cc1c([N+](=O)[O-])cc(O)c2nn[nH]c12. The van der Waals surface area contributed by atoms with Gasteiger partial charge >= 0.3 is 0 Å². The molecule has 0 fully saturated rings. The summed E-state index contributed by atoms with van der Waals surface area (Å²) in [5, 5.41) is 29.5. The Morgan fingerprint density at radius 1 is 1.64 bits per heavy atom. The summed E-state index contributed by atoms with van der Waals surface area (Å²) in [5.74, 6) is -0.244. The molecule has 0 unspecified atom stereocenters. The molecule has 0 radical (unpaired) electrons. The molecule has 1 aromatic heterocycles. The smallest absolute Gasteiger partial charge is 0.278 e. The van der Waals surface area contributed by atoms with Gasteiger partial charge in [0.2, 0.25) is 0 Å². The number of hydrogen-bond acceptors (Lipinski definition) is 5. The molecule has 1 heterocycles. The number of aromatic amines is 1. The lowest BCUT2D eigenvalue weighted by molar-refractivity contribution is -0.385. The first-order valence-electron chi connectivity index (χ1n) is 3.79. The number of hydrogen-bond donors (Lipinski definition) is 2. The van der Waals surface area contributed by atoms with Gasteiger partial charge in [-0.1, -0.05) is 5.21 Å². The third-order valence-electron chi connectivity index (χ3n) is 2.02. The molecule has 0 aliphatic rings. The van der Waals surface area contributed by atoms with Crippen molar-refractivity contribution in [1.82, 2.24) is 15.4 Å². The van der Waals surface area contributed by atoms with Crippen LogP contribution in [0.15, 0.2) is 6.07 Å². The normalized spacial score (nSPS) is 10.6. The topological polar surface area (TPSA) is 105 Å². The maximum atomic E-state index is 10.6. The highest BCUT2D eigenvalue weighted by Gasteiger charge is 2.18. The van der Waals surface area contributed by atoms with Crippen LogP contribution in [-0.4, -0.2) is 25.4 Å². The van der Waals surface area contributed by atoms with E-state index in [0.717, 1.165) is 6.07 Å². The monoisotopic (exact) mass is 194 g/mol. The third kappa shape index (κ3) is 0.987. The Kier molecular flexibility index (Phi) is 1.60. The van der Waals surface area contributed by atoms with Gasteiger partial charge in [-0.25, -0.2) is 0 Å². The average molecular weight is 194 g/mol. The molecule has 0 spiro atoms. The maximum Gasteiger partial charge on any atom is 0.278 e. The van der Waals surface area contributed by atoms with Crippen molar-refractivity contribution >= 4 is 16.7 Å². The lowest BCUT2D eigenvalue weighted by Gasteiger charge is -1.98. The van der Waals surface area contributed by atoms with E-state index in [0.29, 0.717) is 11.1 Å². The standard InChI is InChI=1S/C7H6N4O3/c1-3-4(11(13)14)2-5(12)7-6(3)8-10-9-7/h2,12H,1H3,(H,8,9,10). The molecule has 7 nitrogen and oxygen atoms in total. The Morgan fingerprint density at radius 2 is 2.36 bits per heavy atom. The van der Waals surface area contributed by atoms with E-state index in [9.17, 15) is 15.2 Å². The first-order chi connectivity index (χ1) is 6.61. The van der Waals surface area contributed by atoms with E-state index in [1.807, 2.05) is 0 Å². The number of rotatable bonds is 1. The summed E-state index contributed by atoms with van der Waals surface area (Å²) in [6.07, 6.45) is 0. The number of nitrogens with one attached hydrogen (secondary N) is 1. The molecule has 0 amide bonds. The molecular formula is C7H6N4O3. The fourth-order valence-electron chi connectivity index (χ4n) is 1.29. The van der Waals surface area contributed by atoms with Gasteiger partial charge in [0.05, 0.1) is 22.1 Å². The average Bonchev–Trinajstić information content (AvgIpc) is 2.59. The Labute approximate surface area is 77.5 Å². The van der Waals surface area contributed by atoms with Crippen LogP contribution in [0, 0.1) is 17.0 Å². The van der Waals surface area contributed by atoms with Crippen LogP contribution in [0.4, 0.5) is 5.69 Å². The number of aromatic hydroxyl groups is 1. The fourth-order valence-corrected chi connectivity index (χ4v) is 1.29. The molecule has 1 aromatic carbocycles. The zero-order valence-electron chi connectivity index (χ0n) is 7.18. The van der Waals surface area contributed by atoms with Gasteiger partial charge in [-0.05, 0) is 6.92 Å². The van der Waals surface area contributed by atoms with Crippen molar-refractivity contribution in [3.8, 4) is 5.75 Å². The van der Waals surface area contributed by atoms with E-state index in [-0.39, 0.29) is 17.0 Å². The van der Waals surface area contributed by atoms with Crippen LogP contribution in [0.25, 0.3) is 11.0 Å². The maximum absolute atomic E-state index is 10.6. The highest BCUT2D eigenvalue weighted by atomic mass is 16.6. The number of benzene rings is 1. The number of nitro benzene ring substituents is 1. The molecule has 2 N–H and O–H groups in total. The van der Waals surface area contributed by atoms with Crippen molar-refractivity contribution in [2.45, 2.75) is 6.92 Å². The van der Waals surface area contributed by atoms with Crippen molar-refractivity contribution in [1.29, 1.82) is 0 Å². The highest BCUT2D eigenvalue weighted by molar-refractivity contribution is 5.86. The quantitative estimate of drug-likeness (QED) is 0.517. The van der Waals surface area contributed by atoms with Gasteiger partial charge < -0.3 is 5.11 Å². The predicted octanol–water partition coefficient (Wildman–Crippen LogP) is 0.880. The number of phenolic OH excluding ortho intramolecular Hbond substituents is 1. The van der Waals surface area contributed by atoms with Crippen molar-refractivity contribution in [3.05, 3.63) is 21.7 Å². The molecular weight excluding hydrogens is 188 g/mol. The lowest BCUT2D eigenvalue weighted by atomic mass is 10.1. The van der Waals surface area contributed by atoms with E-state index < -0.39 is 4.92 Å². The molecule has 0 saturated heterocycles. The van der Waals surface area contributed by atoms with Gasteiger partial charge in [0.15, 0.2) is 11.3 Å². The van der Waals surface area contributed by atoms with Crippen molar-refractivity contribution in [2.24, 2.45) is 0 Å². The summed E-state index contributed by atoms with van der Waals surface area (Å²) in [6, 6.07) is 1.07. The minimum atomic E-state index is -0.560.